The maximum atomic E-state index is 12.4. The lowest BCUT2D eigenvalue weighted by Crippen LogP contribution is -3.08. The van der Waals surface area contributed by atoms with Crippen LogP contribution in [-0.4, -0.2) is 51.0 Å². The number of hydrogen-bond donors (Lipinski definition) is 2. The van der Waals surface area contributed by atoms with Crippen LogP contribution in [0.2, 0.25) is 0 Å². The molecule has 0 aliphatic rings. The summed E-state index contributed by atoms with van der Waals surface area (Å²) in [6.45, 7) is 3.23. The molecule has 0 aliphatic carbocycles. The Bertz CT molecular complexity index is 790. The number of anilines is 1. The van der Waals surface area contributed by atoms with Gasteiger partial charge in [-0.05, 0) is 24.1 Å². The van der Waals surface area contributed by atoms with Crippen LogP contribution >= 0.6 is 0 Å². The minimum atomic E-state index is -0.239. The topological polar surface area (TPSA) is 63.1 Å². The number of nitrogens with one attached hydrogen (secondary N) is 2. The smallest absolute Gasteiger partial charge is 0.277 e. The second-order valence-corrected chi connectivity index (χ2v) is 7.01. The molecular weight excluding hydrogens is 354 g/mol. The van der Waals surface area contributed by atoms with Crippen molar-refractivity contribution in [2.75, 3.05) is 39.6 Å². The van der Waals surface area contributed by atoms with Gasteiger partial charge in [0.25, 0.3) is 5.91 Å². The molecule has 0 saturated heterocycles. The number of quaternary nitrogens is 1. The van der Waals surface area contributed by atoms with Crippen LogP contribution < -0.4 is 15.0 Å². The number of carbonyl (C=O) groups excluding carboxylic acids is 2. The maximum absolute atomic E-state index is 12.4. The lowest BCUT2D eigenvalue weighted by molar-refractivity contribution is -0.885. The molecule has 6 nitrogen and oxygen atoms in total. The van der Waals surface area contributed by atoms with Crippen LogP contribution in [0.4, 0.5) is 5.69 Å². The van der Waals surface area contributed by atoms with E-state index in [0.29, 0.717) is 18.0 Å². The number of aryl methyl sites for hydroxylation is 1. The van der Waals surface area contributed by atoms with Crippen LogP contribution in [-0.2, 0) is 22.6 Å². The SMILES string of the molecule is CCc1ccc(C[NH+](C)CC(=O)N(C)CC(=O)Nc2cccc(OC)c2)cc1. The van der Waals surface area contributed by atoms with Crippen molar-refractivity contribution in [1.82, 2.24) is 4.90 Å². The molecular formula is C22H30N3O3+. The van der Waals surface area contributed by atoms with Crippen molar-refractivity contribution in [3.63, 3.8) is 0 Å². The van der Waals surface area contributed by atoms with Crippen LogP contribution in [0.3, 0.4) is 0 Å². The van der Waals surface area contributed by atoms with Crippen LogP contribution in [0, 0.1) is 0 Å². The van der Waals surface area contributed by atoms with E-state index in [9.17, 15) is 9.59 Å². The number of amides is 2. The quantitative estimate of drug-likeness (QED) is 0.686. The summed E-state index contributed by atoms with van der Waals surface area (Å²) in [5, 5.41) is 2.79. The first kappa shape index (κ1) is 21.4. The first-order chi connectivity index (χ1) is 13.4. The Labute approximate surface area is 167 Å². The average Bonchev–Trinajstić information content (AvgIpc) is 2.68. The predicted molar refractivity (Wildman–Crippen MR) is 111 cm³/mol. The van der Waals surface area contributed by atoms with E-state index < -0.39 is 0 Å². The highest BCUT2D eigenvalue weighted by Gasteiger charge is 2.17. The number of methoxy groups -OCH3 is 1. The number of rotatable bonds is 9. The zero-order valence-electron chi connectivity index (χ0n) is 17.1. The van der Waals surface area contributed by atoms with Crippen molar-refractivity contribution in [1.29, 1.82) is 0 Å². The molecule has 0 aromatic heterocycles. The summed E-state index contributed by atoms with van der Waals surface area (Å²) in [5.41, 5.74) is 3.14. The lowest BCUT2D eigenvalue weighted by atomic mass is 10.1. The Kier molecular flexibility index (Phi) is 8.02. The first-order valence-corrected chi connectivity index (χ1v) is 9.48. The third-order valence-corrected chi connectivity index (χ3v) is 4.55. The molecule has 1 atom stereocenters. The van der Waals surface area contributed by atoms with Crippen molar-refractivity contribution in [3.05, 3.63) is 59.7 Å². The van der Waals surface area contributed by atoms with Crippen LogP contribution in [0.5, 0.6) is 5.75 Å². The highest BCUT2D eigenvalue weighted by Crippen LogP contribution is 2.16. The monoisotopic (exact) mass is 384 g/mol. The van der Waals surface area contributed by atoms with E-state index in [0.717, 1.165) is 17.9 Å². The number of carbonyl (C=O) groups is 2. The molecule has 6 heteroatoms. The van der Waals surface area contributed by atoms with Gasteiger partial charge in [-0.3, -0.25) is 9.59 Å². The van der Waals surface area contributed by atoms with Crippen molar-refractivity contribution >= 4 is 17.5 Å². The van der Waals surface area contributed by atoms with Crippen molar-refractivity contribution < 1.29 is 19.2 Å². The van der Waals surface area contributed by atoms with E-state index >= 15 is 0 Å². The van der Waals surface area contributed by atoms with Gasteiger partial charge in [0.2, 0.25) is 5.91 Å². The fraction of sp³-hybridized carbons (Fsp3) is 0.364. The molecule has 2 N–H and O–H groups in total. The fourth-order valence-corrected chi connectivity index (χ4v) is 2.90. The van der Waals surface area contributed by atoms with Crippen LogP contribution in [0.1, 0.15) is 18.1 Å². The molecule has 0 radical (unpaired) electrons. The molecule has 150 valence electrons. The normalized spacial score (nSPS) is 11.6. The lowest BCUT2D eigenvalue weighted by Gasteiger charge is -2.20. The fourth-order valence-electron chi connectivity index (χ4n) is 2.90. The van der Waals surface area contributed by atoms with Crippen molar-refractivity contribution in [2.24, 2.45) is 0 Å². The molecule has 2 rings (SSSR count). The summed E-state index contributed by atoms with van der Waals surface area (Å²) >= 11 is 0. The Morgan fingerprint density at radius 3 is 2.43 bits per heavy atom. The predicted octanol–water partition coefficient (Wildman–Crippen LogP) is 1.37. The van der Waals surface area contributed by atoms with Gasteiger partial charge in [0.1, 0.15) is 12.3 Å². The zero-order chi connectivity index (χ0) is 20.5. The van der Waals surface area contributed by atoms with Gasteiger partial charge < -0.3 is 19.9 Å². The van der Waals surface area contributed by atoms with E-state index in [1.807, 2.05) is 7.05 Å². The molecule has 0 saturated carbocycles. The number of benzene rings is 2. The molecule has 0 aliphatic heterocycles. The van der Waals surface area contributed by atoms with E-state index in [4.69, 9.17) is 4.74 Å². The van der Waals surface area contributed by atoms with E-state index in [-0.39, 0.29) is 18.4 Å². The highest BCUT2D eigenvalue weighted by atomic mass is 16.5. The molecule has 0 fully saturated rings. The van der Waals surface area contributed by atoms with Gasteiger partial charge in [-0.25, -0.2) is 0 Å². The van der Waals surface area contributed by atoms with E-state index in [2.05, 4.69) is 36.5 Å². The van der Waals surface area contributed by atoms with Crippen LogP contribution in [0.25, 0.3) is 0 Å². The van der Waals surface area contributed by atoms with Gasteiger partial charge in [-0.1, -0.05) is 37.3 Å². The van der Waals surface area contributed by atoms with E-state index in [1.54, 1.807) is 38.4 Å². The number of likely N-dealkylation sites (N-methyl/N-ethyl adjacent to an activating group) is 2. The molecule has 2 aromatic carbocycles. The molecule has 2 aromatic rings. The summed E-state index contributed by atoms with van der Waals surface area (Å²) < 4.78 is 5.14. The molecule has 2 amide bonds. The van der Waals surface area contributed by atoms with Crippen molar-refractivity contribution in [2.45, 2.75) is 19.9 Å². The van der Waals surface area contributed by atoms with Gasteiger partial charge in [0, 0.05) is 24.4 Å². The third-order valence-electron chi connectivity index (χ3n) is 4.55. The third kappa shape index (κ3) is 6.70. The summed E-state index contributed by atoms with van der Waals surface area (Å²) in [4.78, 5) is 27.2. The largest absolute Gasteiger partial charge is 0.497 e. The number of nitrogens with zero attached hydrogens (tertiary/aromatic N) is 1. The first-order valence-electron chi connectivity index (χ1n) is 9.48. The maximum Gasteiger partial charge on any atom is 0.277 e. The second-order valence-electron chi connectivity index (χ2n) is 7.01. The molecule has 1 unspecified atom stereocenters. The number of ether oxygens (including phenoxy) is 1. The molecule has 0 spiro atoms. The molecule has 0 bridgehead atoms. The van der Waals surface area contributed by atoms with Gasteiger partial charge >= 0.3 is 0 Å². The minimum Gasteiger partial charge on any atom is -0.497 e. The highest BCUT2D eigenvalue weighted by molar-refractivity contribution is 5.94. The Morgan fingerprint density at radius 1 is 1.11 bits per heavy atom. The summed E-state index contributed by atoms with van der Waals surface area (Å²) in [5.74, 6) is 0.361. The summed E-state index contributed by atoms with van der Waals surface area (Å²) in [6.07, 6.45) is 1.02. The number of hydrogen-bond acceptors (Lipinski definition) is 3. The summed E-state index contributed by atoms with van der Waals surface area (Å²) in [6, 6.07) is 15.6. The van der Waals surface area contributed by atoms with Gasteiger partial charge in [0.15, 0.2) is 6.54 Å². The van der Waals surface area contributed by atoms with E-state index in [1.165, 1.54) is 16.0 Å². The Morgan fingerprint density at radius 2 is 1.79 bits per heavy atom. The Balaban J connectivity index is 1.81. The minimum absolute atomic E-state index is 0.00845. The Hall–Kier alpha value is -2.86. The van der Waals surface area contributed by atoms with Crippen LogP contribution in [0.15, 0.2) is 48.5 Å². The summed E-state index contributed by atoms with van der Waals surface area (Å²) in [7, 11) is 5.21. The van der Waals surface area contributed by atoms with Crippen molar-refractivity contribution in [3.8, 4) is 5.75 Å². The van der Waals surface area contributed by atoms with Gasteiger partial charge in [-0.2, -0.15) is 0 Å². The molecule has 0 heterocycles. The standard InChI is InChI=1S/C22H29N3O3/c1-5-17-9-11-18(12-10-17)14-24(2)16-22(27)25(3)15-21(26)23-19-7-6-8-20(13-19)28-4/h6-13H,5,14-16H2,1-4H3,(H,23,26)/p+1. The molecule has 28 heavy (non-hydrogen) atoms. The van der Waals surface area contributed by atoms with Gasteiger partial charge in [0.05, 0.1) is 20.7 Å². The second kappa shape index (κ2) is 10.5. The zero-order valence-corrected chi connectivity index (χ0v) is 17.1. The average molecular weight is 385 g/mol. The van der Waals surface area contributed by atoms with Gasteiger partial charge in [-0.15, -0.1) is 0 Å².